The second kappa shape index (κ2) is 4.69. The van der Waals surface area contributed by atoms with Crippen molar-refractivity contribution < 1.29 is 0 Å². The Hall–Kier alpha value is -1.42. The number of imidazole rings is 1. The maximum atomic E-state index is 4.81. The topological polar surface area (TPSA) is 42.7 Å². The van der Waals surface area contributed by atoms with Crippen molar-refractivity contribution in [2.75, 3.05) is 6.54 Å². The SMILES string of the molecule is CCn1c(C2CCNC(C)C2)nc2cnccc21. The molecule has 2 atom stereocenters. The van der Waals surface area contributed by atoms with Crippen LogP contribution >= 0.6 is 0 Å². The quantitative estimate of drug-likeness (QED) is 0.881. The lowest BCUT2D eigenvalue weighted by Crippen LogP contribution is -2.35. The van der Waals surface area contributed by atoms with Gasteiger partial charge in [-0.3, -0.25) is 4.98 Å². The molecule has 96 valence electrons. The third kappa shape index (κ3) is 1.90. The lowest BCUT2D eigenvalue weighted by Gasteiger charge is -2.27. The molecule has 0 spiro atoms. The van der Waals surface area contributed by atoms with Crippen LogP contribution in [0, 0.1) is 0 Å². The second-order valence-electron chi connectivity index (χ2n) is 5.16. The fraction of sp³-hybridized carbons (Fsp3) is 0.571. The molecular weight excluding hydrogens is 224 g/mol. The molecular formula is C14H20N4. The van der Waals surface area contributed by atoms with Crippen molar-refractivity contribution >= 4 is 11.0 Å². The fourth-order valence-electron chi connectivity index (χ4n) is 3.01. The van der Waals surface area contributed by atoms with Gasteiger partial charge in [-0.05, 0) is 39.3 Å². The van der Waals surface area contributed by atoms with Gasteiger partial charge < -0.3 is 9.88 Å². The summed E-state index contributed by atoms with van der Waals surface area (Å²) in [6.45, 7) is 6.52. The molecule has 18 heavy (non-hydrogen) atoms. The van der Waals surface area contributed by atoms with Gasteiger partial charge in [-0.15, -0.1) is 0 Å². The van der Waals surface area contributed by atoms with E-state index in [0.717, 1.165) is 18.6 Å². The maximum absolute atomic E-state index is 4.81. The van der Waals surface area contributed by atoms with Crippen LogP contribution in [0.15, 0.2) is 18.5 Å². The molecule has 1 aliphatic rings. The van der Waals surface area contributed by atoms with Crippen LogP contribution in [0.5, 0.6) is 0 Å². The van der Waals surface area contributed by atoms with Gasteiger partial charge in [-0.1, -0.05) is 0 Å². The van der Waals surface area contributed by atoms with Crippen LogP contribution in [0.1, 0.15) is 38.4 Å². The molecule has 0 radical (unpaired) electrons. The van der Waals surface area contributed by atoms with E-state index >= 15 is 0 Å². The van der Waals surface area contributed by atoms with Crippen LogP contribution in [0.4, 0.5) is 0 Å². The van der Waals surface area contributed by atoms with E-state index in [1.54, 1.807) is 0 Å². The maximum Gasteiger partial charge on any atom is 0.113 e. The lowest BCUT2D eigenvalue weighted by molar-refractivity contribution is 0.365. The van der Waals surface area contributed by atoms with Crippen molar-refractivity contribution in [2.45, 2.75) is 45.2 Å². The summed E-state index contributed by atoms with van der Waals surface area (Å²) in [6.07, 6.45) is 6.08. The number of nitrogens with zero attached hydrogens (tertiary/aromatic N) is 3. The Morgan fingerprint density at radius 1 is 1.50 bits per heavy atom. The van der Waals surface area contributed by atoms with Gasteiger partial charge >= 0.3 is 0 Å². The summed E-state index contributed by atoms with van der Waals surface area (Å²) in [5.41, 5.74) is 2.24. The van der Waals surface area contributed by atoms with E-state index in [-0.39, 0.29) is 0 Å². The van der Waals surface area contributed by atoms with Crippen LogP contribution in [0.2, 0.25) is 0 Å². The van der Waals surface area contributed by atoms with Gasteiger partial charge in [0.25, 0.3) is 0 Å². The van der Waals surface area contributed by atoms with Crippen molar-refractivity contribution in [3.63, 3.8) is 0 Å². The molecule has 3 rings (SSSR count). The highest BCUT2D eigenvalue weighted by molar-refractivity contribution is 5.74. The van der Waals surface area contributed by atoms with Crippen molar-refractivity contribution in [3.8, 4) is 0 Å². The van der Waals surface area contributed by atoms with Gasteiger partial charge in [0.15, 0.2) is 0 Å². The van der Waals surface area contributed by atoms with E-state index in [4.69, 9.17) is 4.98 Å². The molecule has 0 amide bonds. The van der Waals surface area contributed by atoms with Crippen molar-refractivity contribution in [3.05, 3.63) is 24.3 Å². The molecule has 2 unspecified atom stereocenters. The molecule has 4 heteroatoms. The van der Waals surface area contributed by atoms with Crippen molar-refractivity contribution in [2.24, 2.45) is 0 Å². The second-order valence-corrected chi connectivity index (χ2v) is 5.16. The average molecular weight is 244 g/mol. The van der Waals surface area contributed by atoms with Gasteiger partial charge in [0, 0.05) is 24.7 Å². The number of pyridine rings is 1. The Labute approximate surface area is 107 Å². The molecule has 0 bridgehead atoms. The van der Waals surface area contributed by atoms with Gasteiger partial charge in [-0.25, -0.2) is 4.98 Å². The number of nitrogens with one attached hydrogen (secondary N) is 1. The smallest absolute Gasteiger partial charge is 0.113 e. The van der Waals surface area contributed by atoms with Crippen LogP contribution in [0.25, 0.3) is 11.0 Å². The lowest BCUT2D eigenvalue weighted by atomic mass is 9.92. The normalized spacial score (nSPS) is 24.6. The van der Waals surface area contributed by atoms with E-state index in [0.29, 0.717) is 12.0 Å². The minimum atomic E-state index is 0.577. The predicted molar refractivity (Wildman–Crippen MR) is 72.6 cm³/mol. The summed E-state index contributed by atoms with van der Waals surface area (Å²) in [5, 5.41) is 3.50. The largest absolute Gasteiger partial charge is 0.328 e. The number of rotatable bonds is 2. The molecule has 0 aliphatic carbocycles. The molecule has 3 heterocycles. The van der Waals surface area contributed by atoms with Crippen LogP contribution in [-0.2, 0) is 6.54 Å². The fourth-order valence-corrected chi connectivity index (χ4v) is 3.01. The van der Waals surface area contributed by atoms with Crippen LogP contribution < -0.4 is 5.32 Å². The monoisotopic (exact) mass is 244 g/mol. The standard InChI is InChI=1S/C14H20N4/c1-3-18-13-5-6-15-9-12(13)17-14(18)11-4-7-16-10(2)8-11/h5-6,9-11,16H,3-4,7-8H2,1-2H3. The molecule has 1 aliphatic heterocycles. The summed E-state index contributed by atoms with van der Waals surface area (Å²) >= 11 is 0. The number of aryl methyl sites for hydroxylation is 1. The third-order valence-corrected chi connectivity index (χ3v) is 3.89. The summed E-state index contributed by atoms with van der Waals surface area (Å²) < 4.78 is 2.35. The number of piperidine rings is 1. The molecule has 2 aromatic heterocycles. The first kappa shape index (κ1) is 11.7. The molecule has 1 N–H and O–H groups in total. The summed E-state index contributed by atoms with van der Waals surface area (Å²) in [6, 6.07) is 2.66. The molecule has 0 saturated carbocycles. The zero-order chi connectivity index (χ0) is 12.5. The first-order valence-electron chi connectivity index (χ1n) is 6.83. The molecule has 2 aromatic rings. The zero-order valence-electron chi connectivity index (χ0n) is 11.1. The van der Waals surface area contributed by atoms with Crippen LogP contribution in [0.3, 0.4) is 0 Å². The number of hydrogen-bond acceptors (Lipinski definition) is 3. The van der Waals surface area contributed by atoms with E-state index in [1.807, 2.05) is 12.4 Å². The van der Waals surface area contributed by atoms with Gasteiger partial charge in [0.1, 0.15) is 11.3 Å². The Morgan fingerprint density at radius 3 is 3.17 bits per heavy atom. The van der Waals surface area contributed by atoms with Crippen molar-refractivity contribution in [1.82, 2.24) is 19.9 Å². The van der Waals surface area contributed by atoms with Gasteiger partial charge in [0.2, 0.25) is 0 Å². The zero-order valence-corrected chi connectivity index (χ0v) is 11.1. The number of aromatic nitrogens is 3. The minimum absolute atomic E-state index is 0.577. The molecule has 1 fully saturated rings. The Balaban J connectivity index is 2.05. The number of fused-ring (bicyclic) bond motifs is 1. The van der Waals surface area contributed by atoms with Gasteiger partial charge in [-0.2, -0.15) is 0 Å². The summed E-state index contributed by atoms with van der Waals surface area (Å²) in [4.78, 5) is 8.99. The highest BCUT2D eigenvalue weighted by Gasteiger charge is 2.24. The Kier molecular flexibility index (Phi) is 3.04. The summed E-state index contributed by atoms with van der Waals surface area (Å²) in [7, 11) is 0. The first-order valence-corrected chi connectivity index (χ1v) is 6.83. The highest BCUT2D eigenvalue weighted by atomic mass is 15.1. The predicted octanol–water partition coefficient (Wildman–Crippen LogP) is 2.31. The van der Waals surface area contributed by atoms with E-state index < -0.39 is 0 Å². The molecule has 4 nitrogen and oxygen atoms in total. The average Bonchev–Trinajstić information content (AvgIpc) is 2.77. The molecule has 0 aromatic carbocycles. The van der Waals surface area contributed by atoms with Gasteiger partial charge in [0.05, 0.1) is 11.7 Å². The highest BCUT2D eigenvalue weighted by Crippen LogP contribution is 2.29. The van der Waals surface area contributed by atoms with Crippen molar-refractivity contribution in [1.29, 1.82) is 0 Å². The third-order valence-electron chi connectivity index (χ3n) is 3.89. The van der Waals surface area contributed by atoms with E-state index in [1.165, 1.54) is 24.2 Å². The first-order chi connectivity index (χ1) is 8.79. The van der Waals surface area contributed by atoms with E-state index in [9.17, 15) is 0 Å². The summed E-state index contributed by atoms with van der Waals surface area (Å²) in [5.74, 6) is 1.82. The Morgan fingerprint density at radius 2 is 2.39 bits per heavy atom. The van der Waals surface area contributed by atoms with E-state index in [2.05, 4.69) is 34.8 Å². The Bertz CT molecular complexity index is 546. The van der Waals surface area contributed by atoms with Crippen LogP contribution in [-0.4, -0.2) is 27.1 Å². The molecule has 1 saturated heterocycles. The minimum Gasteiger partial charge on any atom is -0.328 e. The number of hydrogen-bond donors (Lipinski definition) is 1.